The molecule has 1 N–H and O–H groups in total. The van der Waals surface area contributed by atoms with Gasteiger partial charge in [0.2, 0.25) is 0 Å². The molecule has 0 unspecified atom stereocenters. The first-order chi connectivity index (χ1) is 10.8. The third kappa shape index (κ3) is 1.84. The number of benzene rings is 2. The van der Waals surface area contributed by atoms with Gasteiger partial charge in [-0.25, -0.2) is 9.78 Å². The minimum atomic E-state index is -0.908. The average molecular weight is 290 g/mol. The molecular weight excluding hydrogens is 276 g/mol. The van der Waals surface area contributed by atoms with E-state index in [-0.39, 0.29) is 0 Å². The van der Waals surface area contributed by atoms with Crippen molar-refractivity contribution in [3.05, 3.63) is 60.2 Å². The Bertz CT molecular complexity index is 875. The van der Waals surface area contributed by atoms with Crippen molar-refractivity contribution in [3.63, 3.8) is 0 Å². The molecule has 1 aliphatic rings. The fraction of sp³-hybridized carbons (Fsp3) is 0.111. The van der Waals surface area contributed by atoms with Gasteiger partial charge in [-0.1, -0.05) is 48.5 Å². The highest BCUT2D eigenvalue weighted by atomic mass is 16.4. The van der Waals surface area contributed by atoms with Crippen LogP contribution in [-0.4, -0.2) is 22.7 Å². The molecular formula is C18H14N2O2. The lowest BCUT2D eigenvalue weighted by Gasteiger charge is -2.16. The molecule has 4 rings (SSSR count). The maximum Gasteiger partial charge on any atom is 0.411 e. The summed E-state index contributed by atoms with van der Waals surface area (Å²) >= 11 is 0. The van der Waals surface area contributed by atoms with Crippen molar-refractivity contribution in [2.45, 2.75) is 6.42 Å². The summed E-state index contributed by atoms with van der Waals surface area (Å²) in [6, 6.07) is 17.7. The topological polar surface area (TPSA) is 53.4 Å². The van der Waals surface area contributed by atoms with Gasteiger partial charge in [-0.05, 0) is 12.5 Å². The Kier molecular flexibility index (Phi) is 2.82. The normalized spacial score (nSPS) is 13.4. The fourth-order valence-electron chi connectivity index (χ4n) is 3.14. The summed E-state index contributed by atoms with van der Waals surface area (Å²) in [6.45, 7) is 0.486. The van der Waals surface area contributed by atoms with Crippen LogP contribution >= 0.6 is 0 Å². The van der Waals surface area contributed by atoms with Gasteiger partial charge in [0, 0.05) is 23.1 Å². The third-order valence-electron chi connectivity index (χ3n) is 4.10. The van der Waals surface area contributed by atoms with E-state index in [1.165, 1.54) is 4.90 Å². The third-order valence-corrected chi connectivity index (χ3v) is 4.10. The predicted molar refractivity (Wildman–Crippen MR) is 86.3 cm³/mol. The molecule has 2 aromatic carbocycles. The van der Waals surface area contributed by atoms with Crippen molar-refractivity contribution < 1.29 is 9.90 Å². The van der Waals surface area contributed by atoms with Gasteiger partial charge in [-0.15, -0.1) is 0 Å². The van der Waals surface area contributed by atoms with Gasteiger partial charge in [0.15, 0.2) is 0 Å². The predicted octanol–water partition coefficient (Wildman–Crippen LogP) is 3.94. The number of para-hydroxylation sites is 1. The molecule has 4 nitrogen and oxygen atoms in total. The van der Waals surface area contributed by atoms with Gasteiger partial charge in [-0.2, -0.15) is 0 Å². The molecule has 2 heterocycles. The second-order valence-electron chi connectivity index (χ2n) is 5.35. The summed E-state index contributed by atoms with van der Waals surface area (Å²) in [5, 5.41) is 10.4. The number of carbonyl (C=O) groups is 1. The van der Waals surface area contributed by atoms with E-state index >= 15 is 0 Å². The van der Waals surface area contributed by atoms with E-state index < -0.39 is 6.09 Å². The number of aromatic nitrogens is 1. The number of fused-ring (bicyclic) bond motifs is 3. The maximum atomic E-state index is 11.6. The van der Waals surface area contributed by atoms with Crippen LogP contribution in [0, 0.1) is 0 Å². The Labute approximate surface area is 127 Å². The molecule has 0 radical (unpaired) electrons. The second kappa shape index (κ2) is 4.84. The monoisotopic (exact) mass is 290 g/mol. The van der Waals surface area contributed by atoms with Gasteiger partial charge in [0.1, 0.15) is 0 Å². The average Bonchev–Trinajstić information content (AvgIpc) is 3.00. The molecule has 3 aromatic rings. The van der Waals surface area contributed by atoms with Crippen LogP contribution < -0.4 is 4.90 Å². The Balaban J connectivity index is 2.07. The van der Waals surface area contributed by atoms with Crippen LogP contribution in [0.15, 0.2) is 54.6 Å². The minimum Gasteiger partial charge on any atom is -0.465 e. The van der Waals surface area contributed by atoms with Gasteiger partial charge in [-0.3, -0.25) is 4.90 Å². The van der Waals surface area contributed by atoms with E-state index in [1.54, 1.807) is 0 Å². The van der Waals surface area contributed by atoms with Gasteiger partial charge >= 0.3 is 6.09 Å². The first-order valence-corrected chi connectivity index (χ1v) is 7.23. The smallest absolute Gasteiger partial charge is 0.411 e. The van der Waals surface area contributed by atoms with Crippen molar-refractivity contribution in [2.75, 3.05) is 11.4 Å². The highest BCUT2D eigenvalue weighted by Gasteiger charge is 2.29. The first kappa shape index (κ1) is 12.8. The molecule has 108 valence electrons. The summed E-state index contributed by atoms with van der Waals surface area (Å²) in [7, 11) is 0. The molecule has 1 aromatic heterocycles. The van der Waals surface area contributed by atoms with Crippen LogP contribution in [0.25, 0.3) is 22.2 Å². The van der Waals surface area contributed by atoms with Gasteiger partial charge < -0.3 is 5.11 Å². The molecule has 4 heteroatoms. The van der Waals surface area contributed by atoms with E-state index in [0.717, 1.165) is 33.4 Å². The number of carboxylic acid groups (broad SMARTS) is 1. The molecule has 0 spiro atoms. The molecule has 22 heavy (non-hydrogen) atoms. The Morgan fingerprint density at radius 3 is 2.55 bits per heavy atom. The molecule has 0 fully saturated rings. The number of rotatable bonds is 1. The van der Waals surface area contributed by atoms with Crippen molar-refractivity contribution in [1.82, 2.24) is 4.98 Å². The lowest BCUT2D eigenvalue weighted by Crippen LogP contribution is -2.26. The van der Waals surface area contributed by atoms with Gasteiger partial charge in [0.25, 0.3) is 0 Å². The number of hydrogen-bond donors (Lipinski definition) is 1. The molecule has 0 saturated carbocycles. The van der Waals surface area contributed by atoms with Crippen molar-refractivity contribution >= 4 is 22.7 Å². The van der Waals surface area contributed by atoms with Crippen LogP contribution in [-0.2, 0) is 6.42 Å². The number of pyridine rings is 1. The Hall–Kier alpha value is -2.88. The molecule has 0 atom stereocenters. The number of nitrogens with zero attached hydrogens (tertiary/aromatic N) is 2. The zero-order valence-electron chi connectivity index (χ0n) is 11.9. The number of anilines is 1. The first-order valence-electron chi connectivity index (χ1n) is 7.23. The quantitative estimate of drug-likeness (QED) is 0.738. The Morgan fingerprint density at radius 2 is 1.77 bits per heavy atom. The number of amides is 1. The maximum absolute atomic E-state index is 11.6. The largest absolute Gasteiger partial charge is 0.465 e. The summed E-state index contributed by atoms with van der Waals surface area (Å²) in [5.41, 5.74) is 4.55. The van der Waals surface area contributed by atoms with Crippen molar-refractivity contribution in [3.8, 4) is 11.3 Å². The molecule has 1 amide bonds. The van der Waals surface area contributed by atoms with Crippen LogP contribution in [0.2, 0.25) is 0 Å². The van der Waals surface area contributed by atoms with Gasteiger partial charge in [0.05, 0.1) is 16.9 Å². The van der Waals surface area contributed by atoms with E-state index in [2.05, 4.69) is 0 Å². The minimum absolute atomic E-state index is 0.486. The highest BCUT2D eigenvalue weighted by Crippen LogP contribution is 2.40. The molecule has 1 aliphatic heterocycles. The van der Waals surface area contributed by atoms with Crippen molar-refractivity contribution in [1.29, 1.82) is 0 Å². The second-order valence-corrected chi connectivity index (χ2v) is 5.35. The summed E-state index contributed by atoms with van der Waals surface area (Å²) < 4.78 is 0. The van der Waals surface area contributed by atoms with E-state index in [1.807, 2.05) is 54.6 Å². The summed E-state index contributed by atoms with van der Waals surface area (Å²) in [5.74, 6) is 0. The zero-order chi connectivity index (χ0) is 15.1. The lowest BCUT2D eigenvalue weighted by atomic mass is 10.0. The summed E-state index contributed by atoms with van der Waals surface area (Å²) in [4.78, 5) is 17.8. The Morgan fingerprint density at radius 1 is 1.05 bits per heavy atom. The summed E-state index contributed by atoms with van der Waals surface area (Å²) in [6.07, 6.45) is -0.210. The zero-order valence-corrected chi connectivity index (χ0v) is 11.9. The van der Waals surface area contributed by atoms with Crippen LogP contribution in [0.1, 0.15) is 5.56 Å². The molecule has 0 saturated heterocycles. The fourth-order valence-corrected chi connectivity index (χ4v) is 3.14. The van der Waals surface area contributed by atoms with E-state index in [0.29, 0.717) is 13.0 Å². The standard InChI is InChI=1S/C18H14N2O2/c21-18(22)20-11-10-14-16(12-6-2-1-3-7-12)19-15-9-5-4-8-13(15)17(14)20/h1-9H,10-11H2,(H,21,22). The van der Waals surface area contributed by atoms with Crippen LogP contribution in [0.3, 0.4) is 0 Å². The highest BCUT2D eigenvalue weighted by molar-refractivity contribution is 6.04. The van der Waals surface area contributed by atoms with E-state index in [4.69, 9.17) is 4.98 Å². The van der Waals surface area contributed by atoms with Crippen LogP contribution in [0.5, 0.6) is 0 Å². The molecule has 0 aliphatic carbocycles. The van der Waals surface area contributed by atoms with Crippen LogP contribution in [0.4, 0.5) is 10.5 Å². The van der Waals surface area contributed by atoms with E-state index in [9.17, 15) is 9.90 Å². The van der Waals surface area contributed by atoms with Crippen molar-refractivity contribution in [2.24, 2.45) is 0 Å². The molecule has 0 bridgehead atoms. The SMILES string of the molecule is O=C(O)N1CCc2c(-c3ccccc3)nc3ccccc3c21. The lowest BCUT2D eigenvalue weighted by molar-refractivity contribution is 0.202. The number of hydrogen-bond acceptors (Lipinski definition) is 2.